The van der Waals surface area contributed by atoms with E-state index in [2.05, 4.69) is 19.9 Å². The van der Waals surface area contributed by atoms with Gasteiger partial charge in [0.1, 0.15) is 0 Å². The Morgan fingerprint density at radius 2 is 0.566 bits per heavy atom. The molecule has 16 heteroatoms. The van der Waals surface area contributed by atoms with Crippen LogP contribution in [0.2, 0.25) is 0 Å². The van der Waals surface area contributed by atoms with E-state index in [9.17, 15) is 26.3 Å². The van der Waals surface area contributed by atoms with Gasteiger partial charge in [0.05, 0.1) is 33.6 Å². The summed E-state index contributed by atoms with van der Waals surface area (Å²) in [6.07, 6.45) is 2.45. The van der Waals surface area contributed by atoms with Crippen molar-refractivity contribution >= 4 is 45.3 Å². The van der Waals surface area contributed by atoms with Crippen molar-refractivity contribution in [3.8, 4) is 33.4 Å². The number of H-pyrrole nitrogens is 3. The highest BCUT2D eigenvalue weighted by Crippen LogP contribution is 2.41. The molecule has 3 N–H and O–H groups in total. The molecule has 0 atom stereocenters. The SMILES string of the molecule is Fc1cc(F)c(F)c(-c2c3nc(c4ccc([nH]4)c(-c4c(F)c(F)cc(F)c4F)c4ccc([nH]4)c(-c4c(F)c(F)cc(F)c4F)c4ccc2[nH]4)C=C3)c1F. The van der Waals surface area contributed by atoms with E-state index in [1.807, 2.05) is 0 Å². The van der Waals surface area contributed by atoms with Gasteiger partial charge in [-0.1, -0.05) is 0 Å². The van der Waals surface area contributed by atoms with E-state index in [1.165, 1.54) is 24.3 Å². The molecule has 7 aromatic rings. The summed E-state index contributed by atoms with van der Waals surface area (Å²) in [6, 6.07) is 6.60. The summed E-state index contributed by atoms with van der Waals surface area (Å²) < 4.78 is 180. The van der Waals surface area contributed by atoms with Gasteiger partial charge < -0.3 is 15.0 Å². The Labute approximate surface area is 287 Å². The predicted octanol–water partition coefficient (Wildman–Crippen LogP) is 11.4. The van der Waals surface area contributed by atoms with E-state index in [-0.39, 0.29) is 51.7 Å². The molecule has 0 aliphatic carbocycles. The molecule has 0 unspecified atom stereocenters. The van der Waals surface area contributed by atoms with Gasteiger partial charge >= 0.3 is 0 Å². The molecule has 8 bridgehead atoms. The molecule has 0 radical (unpaired) electrons. The van der Waals surface area contributed by atoms with Crippen LogP contribution in [-0.4, -0.2) is 19.9 Å². The first-order valence-electron chi connectivity index (χ1n) is 15.1. The fourth-order valence-corrected chi connectivity index (χ4v) is 6.32. The summed E-state index contributed by atoms with van der Waals surface area (Å²) in [5.41, 5.74) is -7.93. The maximum absolute atomic E-state index is 15.5. The lowest BCUT2D eigenvalue weighted by Crippen LogP contribution is -2.00. The van der Waals surface area contributed by atoms with Gasteiger partial charge in [0, 0.05) is 62.5 Å². The van der Waals surface area contributed by atoms with Gasteiger partial charge in [-0.05, 0) is 48.6 Å². The van der Waals surface area contributed by atoms with Gasteiger partial charge in [-0.25, -0.2) is 57.7 Å². The van der Waals surface area contributed by atoms with Crippen molar-refractivity contribution in [1.82, 2.24) is 19.9 Å². The van der Waals surface area contributed by atoms with Crippen molar-refractivity contribution < 1.29 is 52.7 Å². The number of hydrogen-bond acceptors (Lipinski definition) is 1. The Morgan fingerprint density at radius 1 is 0.302 bits per heavy atom. The van der Waals surface area contributed by atoms with Crippen LogP contribution in [0.5, 0.6) is 0 Å². The Balaban J connectivity index is 1.64. The Kier molecular flexibility index (Phi) is 7.67. The number of aromatic amines is 3. The van der Waals surface area contributed by atoms with Crippen LogP contribution in [0.3, 0.4) is 0 Å². The fourth-order valence-electron chi connectivity index (χ4n) is 6.32. The molecule has 4 nitrogen and oxygen atoms in total. The van der Waals surface area contributed by atoms with Crippen molar-refractivity contribution in [3.05, 3.63) is 136 Å². The zero-order valence-corrected chi connectivity index (χ0v) is 25.8. The Hall–Kier alpha value is -6.45. The largest absolute Gasteiger partial charge is 0.354 e. The lowest BCUT2D eigenvalue weighted by molar-refractivity contribution is 0.458. The zero-order valence-electron chi connectivity index (χ0n) is 25.8. The second-order valence-corrected chi connectivity index (χ2v) is 11.7. The number of nitrogens with zero attached hydrogens (tertiary/aromatic N) is 1. The summed E-state index contributed by atoms with van der Waals surface area (Å²) >= 11 is 0. The van der Waals surface area contributed by atoms with E-state index in [1.54, 1.807) is 0 Å². The molecule has 5 heterocycles. The Morgan fingerprint density at radius 3 is 0.925 bits per heavy atom. The highest BCUT2D eigenvalue weighted by atomic mass is 19.2. The number of benzene rings is 3. The summed E-state index contributed by atoms with van der Waals surface area (Å²) in [7, 11) is 0. The van der Waals surface area contributed by atoms with Crippen molar-refractivity contribution in [2.75, 3.05) is 0 Å². The van der Waals surface area contributed by atoms with Gasteiger partial charge in [-0.2, -0.15) is 0 Å². The summed E-state index contributed by atoms with van der Waals surface area (Å²) in [6.45, 7) is 0. The number of rotatable bonds is 3. The number of fused-ring (bicyclic) bond motifs is 9. The third-order valence-corrected chi connectivity index (χ3v) is 8.66. The molecular formula is C37H14F12N4. The predicted molar refractivity (Wildman–Crippen MR) is 171 cm³/mol. The molecule has 1 aliphatic rings. The second kappa shape index (κ2) is 12.1. The first kappa shape index (κ1) is 33.7. The molecule has 0 saturated carbocycles. The third kappa shape index (κ3) is 5.15. The first-order chi connectivity index (χ1) is 25.2. The molecule has 4 aromatic heterocycles. The van der Waals surface area contributed by atoms with Gasteiger partial charge in [0.15, 0.2) is 69.8 Å². The van der Waals surface area contributed by atoms with E-state index in [0.29, 0.717) is 0 Å². The minimum Gasteiger partial charge on any atom is -0.354 e. The summed E-state index contributed by atoms with van der Waals surface area (Å²) in [4.78, 5) is 12.4. The first-order valence-corrected chi connectivity index (χ1v) is 15.1. The molecule has 0 spiro atoms. The van der Waals surface area contributed by atoms with Crippen LogP contribution in [0.15, 0.2) is 54.6 Å². The van der Waals surface area contributed by atoms with Crippen LogP contribution in [0.1, 0.15) is 11.4 Å². The van der Waals surface area contributed by atoms with Gasteiger partial charge in [-0.15, -0.1) is 0 Å². The topological polar surface area (TPSA) is 60.3 Å². The fraction of sp³-hybridized carbons (Fsp3) is 0. The number of hydrogen-bond donors (Lipinski definition) is 3. The number of halogens is 12. The smallest absolute Gasteiger partial charge is 0.169 e. The number of nitrogens with one attached hydrogen (secondary N) is 3. The minimum atomic E-state index is -1.93. The second-order valence-electron chi connectivity index (χ2n) is 11.7. The third-order valence-electron chi connectivity index (χ3n) is 8.66. The quantitative estimate of drug-likeness (QED) is 0.123. The van der Waals surface area contributed by atoms with Gasteiger partial charge in [0.25, 0.3) is 0 Å². The molecule has 3 aromatic carbocycles. The van der Waals surface area contributed by atoms with Crippen LogP contribution in [0, 0.1) is 69.8 Å². The monoisotopic (exact) mass is 742 g/mol. The van der Waals surface area contributed by atoms with E-state index < -0.39 is 114 Å². The standard InChI is InChI=1S/C37H14F12N4/c38-12-9-13(39)33(45)29(32(12)44)26-20-3-1-18(50-20)19-2-4-21(51-19)27(30-34(46)14(40)10-15(41)35(30)47)23-6-8-25(53-23)28(24-7-5-22(26)52-24)31-36(48)16(42)11-17(43)37(31)49/h1-11,50,52-53H. The molecule has 1 aliphatic heterocycles. The highest BCUT2D eigenvalue weighted by molar-refractivity contribution is 6.00. The lowest BCUT2D eigenvalue weighted by Gasteiger charge is -2.10. The van der Waals surface area contributed by atoms with Crippen molar-refractivity contribution in [1.29, 1.82) is 0 Å². The molecule has 266 valence electrons. The average Bonchev–Trinajstić information content (AvgIpc) is 3.95. The van der Waals surface area contributed by atoms with Crippen molar-refractivity contribution in [3.63, 3.8) is 0 Å². The Bertz CT molecular complexity index is 2810. The van der Waals surface area contributed by atoms with Crippen LogP contribution < -0.4 is 0 Å². The normalized spacial score (nSPS) is 12.1. The van der Waals surface area contributed by atoms with Crippen LogP contribution in [-0.2, 0) is 0 Å². The highest BCUT2D eigenvalue weighted by Gasteiger charge is 2.28. The van der Waals surface area contributed by atoms with E-state index in [4.69, 9.17) is 0 Å². The van der Waals surface area contributed by atoms with Crippen molar-refractivity contribution in [2.24, 2.45) is 0 Å². The zero-order chi connectivity index (χ0) is 37.6. The minimum absolute atomic E-state index is 0.0207. The molecular weight excluding hydrogens is 728 g/mol. The van der Waals surface area contributed by atoms with Gasteiger partial charge in [-0.3, -0.25) is 0 Å². The van der Waals surface area contributed by atoms with Crippen molar-refractivity contribution in [2.45, 2.75) is 0 Å². The lowest BCUT2D eigenvalue weighted by atomic mass is 10.0. The van der Waals surface area contributed by atoms with Crippen LogP contribution in [0.25, 0.3) is 78.6 Å². The van der Waals surface area contributed by atoms with Crippen LogP contribution in [0.4, 0.5) is 52.7 Å². The summed E-state index contributed by atoms with van der Waals surface area (Å²) in [5, 5.41) is 0. The molecule has 0 saturated heterocycles. The molecule has 8 rings (SSSR count). The van der Waals surface area contributed by atoms with E-state index >= 15 is 26.3 Å². The maximum atomic E-state index is 15.5. The molecule has 53 heavy (non-hydrogen) atoms. The number of aromatic nitrogens is 4. The summed E-state index contributed by atoms with van der Waals surface area (Å²) in [5.74, 6) is -22.1. The average molecular weight is 743 g/mol. The van der Waals surface area contributed by atoms with E-state index in [0.717, 1.165) is 24.3 Å². The molecule has 0 fully saturated rings. The maximum Gasteiger partial charge on any atom is 0.169 e. The van der Waals surface area contributed by atoms with Crippen LogP contribution >= 0.6 is 0 Å². The van der Waals surface area contributed by atoms with Gasteiger partial charge in [0.2, 0.25) is 0 Å². The molecule has 0 amide bonds.